The summed E-state index contributed by atoms with van der Waals surface area (Å²) in [6, 6.07) is 12.9. The highest BCUT2D eigenvalue weighted by atomic mass is 35.5. The second kappa shape index (κ2) is 6.99. The first-order valence-electron chi connectivity index (χ1n) is 6.50. The third kappa shape index (κ3) is 4.13. The largest absolute Gasteiger partial charge is 0.497 e. The standard InChI is InChI=1S/C16H17ClN2O2/c1-20-13-5-2-11(3-6-13)8-9-21-15-7-4-12(16(18)19)10-14(15)17/h2-7,10H,8-9H2,1H3,(H3,18,19). The van der Waals surface area contributed by atoms with Gasteiger partial charge in [0, 0.05) is 12.0 Å². The summed E-state index contributed by atoms with van der Waals surface area (Å²) < 4.78 is 10.8. The summed E-state index contributed by atoms with van der Waals surface area (Å²) in [4.78, 5) is 0. The van der Waals surface area contributed by atoms with Crippen molar-refractivity contribution in [3.63, 3.8) is 0 Å². The van der Waals surface area contributed by atoms with Crippen LogP contribution in [0.15, 0.2) is 42.5 Å². The fourth-order valence-electron chi connectivity index (χ4n) is 1.86. The van der Waals surface area contributed by atoms with Gasteiger partial charge in [0.05, 0.1) is 18.7 Å². The van der Waals surface area contributed by atoms with Gasteiger partial charge >= 0.3 is 0 Å². The molecule has 2 rings (SSSR count). The van der Waals surface area contributed by atoms with Gasteiger partial charge in [-0.05, 0) is 35.9 Å². The van der Waals surface area contributed by atoms with Gasteiger partial charge in [-0.15, -0.1) is 0 Å². The van der Waals surface area contributed by atoms with Crippen LogP contribution in [0.4, 0.5) is 0 Å². The zero-order valence-corrected chi connectivity index (χ0v) is 12.5. The first kappa shape index (κ1) is 15.2. The lowest BCUT2D eigenvalue weighted by atomic mass is 10.1. The van der Waals surface area contributed by atoms with Crippen LogP contribution in [-0.4, -0.2) is 19.6 Å². The molecule has 0 aliphatic carbocycles. The average molecular weight is 305 g/mol. The summed E-state index contributed by atoms with van der Waals surface area (Å²) in [5.74, 6) is 1.42. The highest BCUT2D eigenvalue weighted by Crippen LogP contribution is 2.25. The van der Waals surface area contributed by atoms with Crippen molar-refractivity contribution in [3.05, 3.63) is 58.6 Å². The van der Waals surface area contributed by atoms with Crippen molar-refractivity contribution in [2.45, 2.75) is 6.42 Å². The van der Waals surface area contributed by atoms with Crippen molar-refractivity contribution >= 4 is 17.4 Å². The number of hydrogen-bond donors (Lipinski definition) is 2. The van der Waals surface area contributed by atoms with Crippen LogP contribution in [-0.2, 0) is 6.42 Å². The molecule has 5 heteroatoms. The minimum Gasteiger partial charge on any atom is -0.497 e. The topological polar surface area (TPSA) is 68.3 Å². The normalized spacial score (nSPS) is 10.2. The van der Waals surface area contributed by atoms with Crippen LogP contribution < -0.4 is 15.2 Å². The van der Waals surface area contributed by atoms with Gasteiger partial charge in [0.25, 0.3) is 0 Å². The predicted molar refractivity (Wildman–Crippen MR) is 84.7 cm³/mol. The molecular formula is C16H17ClN2O2. The molecule has 0 aromatic heterocycles. The van der Waals surface area contributed by atoms with E-state index >= 15 is 0 Å². The van der Waals surface area contributed by atoms with Gasteiger partial charge in [0.1, 0.15) is 17.3 Å². The van der Waals surface area contributed by atoms with Crippen LogP contribution in [0.5, 0.6) is 11.5 Å². The first-order valence-corrected chi connectivity index (χ1v) is 6.87. The molecule has 2 aromatic rings. The van der Waals surface area contributed by atoms with E-state index in [1.165, 1.54) is 0 Å². The minimum atomic E-state index is -0.0123. The van der Waals surface area contributed by atoms with E-state index in [0.717, 1.165) is 17.7 Å². The number of benzene rings is 2. The van der Waals surface area contributed by atoms with Gasteiger partial charge in [-0.25, -0.2) is 0 Å². The second-order valence-electron chi connectivity index (χ2n) is 4.51. The molecule has 3 N–H and O–H groups in total. The van der Waals surface area contributed by atoms with Crippen LogP contribution in [0.2, 0.25) is 5.02 Å². The summed E-state index contributed by atoms with van der Waals surface area (Å²) >= 11 is 6.10. The molecule has 0 fully saturated rings. The van der Waals surface area contributed by atoms with Crippen molar-refractivity contribution in [2.75, 3.05) is 13.7 Å². The van der Waals surface area contributed by atoms with Gasteiger partial charge in [-0.3, -0.25) is 5.41 Å². The van der Waals surface area contributed by atoms with Gasteiger partial charge in [0.15, 0.2) is 0 Å². The third-order valence-electron chi connectivity index (χ3n) is 3.05. The van der Waals surface area contributed by atoms with Gasteiger partial charge in [0.2, 0.25) is 0 Å². The molecule has 0 atom stereocenters. The number of halogens is 1. The number of methoxy groups -OCH3 is 1. The molecule has 0 amide bonds. The molecule has 0 saturated carbocycles. The maximum Gasteiger partial charge on any atom is 0.137 e. The number of ether oxygens (including phenoxy) is 2. The summed E-state index contributed by atoms with van der Waals surface area (Å²) in [6.07, 6.45) is 0.773. The fraction of sp³-hybridized carbons (Fsp3) is 0.188. The van der Waals surface area contributed by atoms with E-state index in [-0.39, 0.29) is 5.84 Å². The Morgan fingerprint density at radius 3 is 2.48 bits per heavy atom. The Morgan fingerprint density at radius 2 is 1.90 bits per heavy atom. The van der Waals surface area contributed by atoms with E-state index in [4.69, 9.17) is 32.2 Å². The van der Waals surface area contributed by atoms with E-state index in [2.05, 4.69) is 0 Å². The summed E-state index contributed by atoms with van der Waals surface area (Å²) in [5, 5.41) is 7.81. The maximum atomic E-state index is 7.35. The lowest BCUT2D eigenvalue weighted by molar-refractivity contribution is 0.322. The Balaban J connectivity index is 1.92. The van der Waals surface area contributed by atoms with Crippen molar-refractivity contribution in [1.29, 1.82) is 5.41 Å². The monoisotopic (exact) mass is 304 g/mol. The zero-order chi connectivity index (χ0) is 15.2. The van der Waals surface area contributed by atoms with E-state index in [1.807, 2.05) is 24.3 Å². The lowest BCUT2D eigenvalue weighted by Crippen LogP contribution is -2.11. The Hall–Kier alpha value is -2.20. The third-order valence-corrected chi connectivity index (χ3v) is 3.35. The molecule has 0 aliphatic rings. The smallest absolute Gasteiger partial charge is 0.137 e. The van der Waals surface area contributed by atoms with Gasteiger partial charge in [-0.2, -0.15) is 0 Å². The summed E-state index contributed by atoms with van der Waals surface area (Å²) in [7, 11) is 1.64. The minimum absolute atomic E-state index is 0.0123. The molecule has 0 spiro atoms. The highest BCUT2D eigenvalue weighted by Gasteiger charge is 2.05. The fourth-order valence-corrected chi connectivity index (χ4v) is 2.09. The Bertz CT molecular complexity index is 627. The molecule has 0 aliphatic heterocycles. The first-order chi connectivity index (χ1) is 10.1. The van der Waals surface area contributed by atoms with E-state index in [9.17, 15) is 0 Å². The van der Waals surface area contributed by atoms with Crippen LogP contribution in [0.3, 0.4) is 0 Å². The van der Waals surface area contributed by atoms with Crippen LogP contribution in [0.25, 0.3) is 0 Å². The number of rotatable bonds is 6. The molecular weight excluding hydrogens is 288 g/mol. The summed E-state index contributed by atoms with van der Waals surface area (Å²) in [6.45, 7) is 0.519. The van der Waals surface area contributed by atoms with Crippen molar-refractivity contribution < 1.29 is 9.47 Å². The van der Waals surface area contributed by atoms with Crippen LogP contribution >= 0.6 is 11.6 Å². The number of nitrogens with one attached hydrogen (secondary N) is 1. The van der Waals surface area contributed by atoms with Crippen molar-refractivity contribution in [2.24, 2.45) is 5.73 Å². The second-order valence-corrected chi connectivity index (χ2v) is 4.91. The van der Waals surface area contributed by atoms with E-state index in [0.29, 0.717) is 22.9 Å². The molecule has 0 saturated heterocycles. The molecule has 0 radical (unpaired) electrons. The summed E-state index contributed by atoms with van der Waals surface area (Å²) in [5.41, 5.74) is 7.15. The Labute approximate surface area is 129 Å². The van der Waals surface area contributed by atoms with E-state index < -0.39 is 0 Å². The molecule has 110 valence electrons. The number of amidine groups is 1. The Morgan fingerprint density at radius 1 is 1.19 bits per heavy atom. The van der Waals surface area contributed by atoms with Crippen LogP contribution in [0.1, 0.15) is 11.1 Å². The number of hydrogen-bond acceptors (Lipinski definition) is 3. The SMILES string of the molecule is COc1ccc(CCOc2ccc(C(=N)N)cc2Cl)cc1. The molecule has 0 unspecified atom stereocenters. The van der Waals surface area contributed by atoms with E-state index in [1.54, 1.807) is 25.3 Å². The van der Waals surface area contributed by atoms with Crippen molar-refractivity contribution in [1.82, 2.24) is 0 Å². The predicted octanol–water partition coefficient (Wildman–Crippen LogP) is 3.25. The highest BCUT2D eigenvalue weighted by molar-refractivity contribution is 6.32. The molecule has 21 heavy (non-hydrogen) atoms. The van der Waals surface area contributed by atoms with Crippen LogP contribution in [0, 0.1) is 5.41 Å². The average Bonchev–Trinajstić information content (AvgIpc) is 2.49. The van der Waals surface area contributed by atoms with Gasteiger partial charge in [-0.1, -0.05) is 23.7 Å². The van der Waals surface area contributed by atoms with Crippen molar-refractivity contribution in [3.8, 4) is 11.5 Å². The Kier molecular flexibility index (Phi) is 5.06. The molecule has 0 bridgehead atoms. The molecule has 4 nitrogen and oxygen atoms in total. The number of nitrogens with two attached hydrogens (primary N) is 1. The lowest BCUT2D eigenvalue weighted by Gasteiger charge is -2.09. The maximum absolute atomic E-state index is 7.35. The van der Waals surface area contributed by atoms with Gasteiger partial charge < -0.3 is 15.2 Å². The number of nitrogen functional groups attached to an aromatic ring is 1. The quantitative estimate of drug-likeness (QED) is 0.636. The molecule has 0 heterocycles. The molecule has 2 aromatic carbocycles. The zero-order valence-electron chi connectivity index (χ0n) is 11.7.